The van der Waals surface area contributed by atoms with Crippen molar-refractivity contribution < 1.29 is 4.79 Å². The minimum absolute atomic E-state index is 0.0865. The van der Waals surface area contributed by atoms with Gasteiger partial charge in [-0.05, 0) is 25.2 Å². The zero-order valence-corrected chi connectivity index (χ0v) is 12.7. The molecule has 1 aromatic rings. The van der Waals surface area contributed by atoms with Crippen LogP contribution in [0.15, 0.2) is 0 Å². The second-order valence-corrected chi connectivity index (χ2v) is 6.43. The molecule has 1 aliphatic rings. The number of hydrogen-bond donors (Lipinski definition) is 2. The Balaban J connectivity index is 2.02. The van der Waals surface area contributed by atoms with Crippen molar-refractivity contribution in [3.05, 3.63) is 10.4 Å². The summed E-state index contributed by atoms with van der Waals surface area (Å²) in [4.78, 5) is 12.3. The van der Waals surface area contributed by atoms with Crippen molar-refractivity contribution in [3.63, 3.8) is 0 Å². The van der Waals surface area contributed by atoms with Gasteiger partial charge in [0.05, 0.1) is 15.6 Å². The zero-order valence-electron chi connectivity index (χ0n) is 11.9. The average Bonchev–Trinajstić information content (AvgIpc) is 3.14. The molecular formula is C15H24N2OS. The number of nitrogen functional groups attached to an aromatic ring is 1. The van der Waals surface area contributed by atoms with Gasteiger partial charge in [-0.3, -0.25) is 4.79 Å². The summed E-state index contributed by atoms with van der Waals surface area (Å²) in [6, 6.07) is 0. The summed E-state index contributed by atoms with van der Waals surface area (Å²) < 4.78 is 0. The molecule has 1 aromatic heterocycles. The first-order chi connectivity index (χ1) is 9.15. The molecule has 1 heterocycles. The number of Topliss-reactive ketones (excluding diaryl/α,β-unsaturated/α-hetero) is 1. The number of nitrogens with two attached hydrogens (primary N) is 1. The molecule has 0 aromatic carbocycles. The van der Waals surface area contributed by atoms with Gasteiger partial charge in [0.15, 0.2) is 5.78 Å². The minimum Gasteiger partial charge on any atom is -0.397 e. The lowest BCUT2D eigenvalue weighted by Crippen LogP contribution is -2.02. The molecule has 106 valence electrons. The summed E-state index contributed by atoms with van der Waals surface area (Å²) in [5, 5.41) is 4.64. The van der Waals surface area contributed by atoms with Crippen LogP contribution in [0.3, 0.4) is 0 Å². The first kappa shape index (κ1) is 14.4. The number of thiophene rings is 1. The van der Waals surface area contributed by atoms with Crippen LogP contribution < -0.4 is 11.1 Å². The average molecular weight is 280 g/mol. The predicted octanol–water partition coefficient (Wildman–Crippen LogP) is 4.40. The standard InChI is InChI=1S/C15H24N2OS/c1-3-4-5-6-9-17-15-12(11-7-8-11)13(16)14(19-15)10(2)18/h11,17H,3-9,16H2,1-2H3. The fraction of sp³-hybridized carbons (Fsp3) is 0.667. The number of ketones is 1. The third kappa shape index (κ3) is 3.50. The molecule has 3 N–H and O–H groups in total. The van der Waals surface area contributed by atoms with Crippen molar-refractivity contribution in [2.45, 2.75) is 58.3 Å². The predicted molar refractivity (Wildman–Crippen MR) is 83.3 cm³/mol. The van der Waals surface area contributed by atoms with Crippen molar-refractivity contribution in [2.24, 2.45) is 0 Å². The molecule has 0 amide bonds. The quantitative estimate of drug-likeness (QED) is 0.548. The Morgan fingerprint density at radius 3 is 2.68 bits per heavy atom. The van der Waals surface area contributed by atoms with Gasteiger partial charge in [-0.15, -0.1) is 11.3 Å². The molecule has 19 heavy (non-hydrogen) atoms. The van der Waals surface area contributed by atoms with Gasteiger partial charge in [-0.2, -0.15) is 0 Å². The number of hydrogen-bond acceptors (Lipinski definition) is 4. The van der Waals surface area contributed by atoms with Crippen LogP contribution in [0, 0.1) is 0 Å². The van der Waals surface area contributed by atoms with E-state index in [1.165, 1.54) is 44.1 Å². The zero-order chi connectivity index (χ0) is 13.8. The molecule has 0 saturated heterocycles. The first-order valence-corrected chi connectivity index (χ1v) is 8.13. The van der Waals surface area contributed by atoms with Gasteiger partial charge in [0, 0.05) is 19.0 Å². The van der Waals surface area contributed by atoms with E-state index in [-0.39, 0.29) is 5.78 Å². The number of carbonyl (C=O) groups is 1. The van der Waals surface area contributed by atoms with E-state index in [1.807, 2.05) is 0 Å². The molecule has 1 fully saturated rings. The van der Waals surface area contributed by atoms with Crippen LogP contribution >= 0.6 is 11.3 Å². The molecule has 1 saturated carbocycles. The van der Waals surface area contributed by atoms with Gasteiger partial charge in [0.1, 0.15) is 0 Å². The molecule has 1 aliphatic carbocycles. The van der Waals surface area contributed by atoms with Gasteiger partial charge >= 0.3 is 0 Å². The molecule has 0 radical (unpaired) electrons. The second kappa shape index (κ2) is 6.42. The number of anilines is 2. The largest absolute Gasteiger partial charge is 0.397 e. The molecule has 0 atom stereocenters. The van der Waals surface area contributed by atoms with Gasteiger partial charge < -0.3 is 11.1 Å². The maximum atomic E-state index is 11.6. The maximum Gasteiger partial charge on any atom is 0.171 e. The van der Waals surface area contributed by atoms with E-state index < -0.39 is 0 Å². The Bertz CT molecular complexity index is 449. The van der Waals surface area contributed by atoms with Crippen LogP contribution in [0.2, 0.25) is 0 Å². The number of nitrogens with one attached hydrogen (secondary N) is 1. The lowest BCUT2D eigenvalue weighted by molar-refractivity contribution is 0.102. The highest BCUT2D eigenvalue weighted by Gasteiger charge is 2.32. The molecule has 4 heteroatoms. The summed E-state index contributed by atoms with van der Waals surface area (Å²) in [6.45, 7) is 4.80. The number of rotatable bonds is 8. The molecule has 0 aliphatic heterocycles. The van der Waals surface area contributed by atoms with Crippen molar-refractivity contribution in [3.8, 4) is 0 Å². The van der Waals surface area contributed by atoms with Crippen molar-refractivity contribution in [2.75, 3.05) is 17.6 Å². The normalized spacial score (nSPS) is 14.6. The van der Waals surface area contributed by atoms with E-state index in [2.05, 4.69) is 12.2 Å². The van der Waals surface area contributed by atoms with E-state index in [0.717, 1.165) is 22.1 Å². The number of carbonyl (C=O) groups excluding carboxylic acids is 1. The molecule has 0 spiro atoms. The lowest BCUT2D eigenvalue weighted by Gasteiger charge is -2.07. The third-order valence-electron chi connectivity index (χ3n) is 3.60. The van der Waals surface area contributed by atoms with Crippen LogP contribution in [0.25, 0.3) is 0 Å². The van der Waals surface area contributed by atoms with Gasteiger partial charge in [-0.1, -0.05) is 26.2 Å². The van der Waals surface area contributed by atoms with Gasteiger partial charge in [0.25, 0.3) is 0 Å². The lowest BCUT2D eigenvalue weighted by atomic mass is 10.1. The Morgan fingerprint density at radius 2 is 2.11 bits per heavy atom. The van der Waals surface area contributed by atoms with Gasteiger partial charge in [0.2, 0.25) is 0 Å². The first-order valence-electron chi connectivity index (χ1n) is 7.32. The van der Waals surface area contributed by atoms with Crippen LogP contribution in [0.5, 0.6) is 0 Å². The molecular weight excluding hydrogens is 256 g/mol. The number of unbranched alkanes of at least 4 members (excludes halogenated alkanes) is 3. The van der Waals surface area contributed by atoms with E-state index in [1.54, 1.807) is 18.3 Å². The van der Waals surface area contributed by atoms with Crippen molar-refractivity contribution in [1.82, 2.24) is 0 Å². The van der Waals surface area contributed by atoms with Crippen LogP contribution in [0.4, 0.5) is 10.7 Å². The van der Waals surface area contributed by atoms with E-state index >= 15 is 0 Å². The third-order valence-corrected chi connectivity index (χ3v) is 4.88. The summed E-state index contributed by atoms with van der Waals surface area (Å²) in [7, 11) is 0. The Morgan fingerprint density at radius 1 is 1.37 bits per heavy atom. The molecule has 2 rings (SSSR count). The summed E-state index contributed by atoms with van der Waals surface area (Å²) in [5.41, 5.74) is 8.09. The molecule has 0 bridgehead atoms. The van der Waals surface area contributed by atoms with E-state index in [0.29, 0.717) is 5.92 Å². The highest BCUT2D eigenvalue weighted by Crippen LogP contribution is 2.50. The summed E-state index contributed by atoms with van der Waals surface area (Å²) in [6.07, 6.45) is 7.43. The van der Waals surface area contributed by atoms with E-state index in [4.69, 9.17) is 5.73 Å². The highest BCUT2D eigenvalue weighted by molar-refractivity contribution is 7.18. The Hall–Kier alpha value is -1.03. The highest BCUT2D eigenvalue weighted by atomic mass is 32.1. The van der Waals surface area contributed by atoms with Crippen molar-refractivity contribution >= 4 is 27.8 Å². The molecule has 3 nitrogen and oxygen atoms in total. The van der Waals surface area contributed by atoms with Crippen molar-refractivity contribution in [1.29, 1.82) is 0 Å². The van der Waals surface area contributed by atoms with Gasteiger partial charge in [-0.25, -0.2) is 0 Å². The topological polar surface area (TPSA) is 55.1 Å². The van der Waals surface area contributed by atoms with Crippen LogP contribution in [-0.2, 0) is 0 Å². The monoisotopic (exact) mass is 280 g/mol. The maximum absolute atomic E-state index is 11.6. The Labute approximate surface area is 119 Å². The fourth-order valence-corrected chi connectivity index (χ4v) is 3.51. The fourth-order valence-electron chi connectivity index (χ4n) is 2.38. The second-order valence-electron chi connectivity index (χ2n) is 5.41. The Kier molecular flexibility index (Phi) is 4.86. The molecule has 0 unspecified atom stereocenters. The summed E-state index contributed by atoms with van der Waals surface area (Å²) in [5.74, 6) is 0.672. The summed E-state index contributed by atoms with van der Waals surface area (Å²) >= 11 is 1.54. The van der Waals surface area contributed by atoms with Crippen LogP contribution in [0.1, 0.15) is 73.5 Å². The van der Waals surface area contributed by atoms with E-state index in [9.17, 15) is 4.79 Å². The minimum atomic E-state index is 0.0865. The smallest absolute Gasteiger partial charge is 0.171 e. The SMILES string of the molecule is CCCCCCNc1sc(C(C)=O)c(N)c1C1CC1. The van der Waals surface area contributed by atoms with Crippen LogP contribution in [-0.4, -0.2) is 12.3 Å².